The summed E-state index contributed by atoms with van der Waals surface area (Å²) in [7, 11) is 0. The summed E-state index contributed by atoms with van der Waals surface area (Å²) in [5.41, 5.74) is 2.99. The van der Waals surface area contributed by atoms with Crippen LogP contribution >= 0.6 is 34.8 Å². The summed E-state index contributed by atoms with van der Waals surface area (Å²) >= 11 is 18.6. The fourth-order valence-electron chi connectivity index (χ4n) is 3.81. The number of nitrogens with zero attached hydrogens (tertiary/aromatic N) is 2. The first kappa shape index (κ1) is 18.7. The van der Waals surface area contributed by atoms with Crippen LogP contribution in [0.2, 0.25) is 15.1 Å². The number of rotatable bonds is 2. The minimum Gasteiger partial charge on any atom is -0.464 e. The van der Waals surface area contributed by atoms with Crippen LogP contribution in [0.1, 0.15) is 35.4 Å². The maximum Gasteiger partial charge on any atom is 0.218 e. The van der Waals surface area contributed by atoms with E-state index in [9.17, 15) is 4.39 Å². The molecule has 0 amide bonds. The van der Waals surface area contributed by atoms with Crippen molar-refractivity contribution < 1.29 is 9.13 Å². The fraction of sp³-hybridized carbons (Fsp3) is 0.136. The summed E-state index contributed by atoms with van der Waals surface area (Å²) in [6.45, 7) is 0. The lowest BCUT2D eigenvalue weighted by molar-refractivity contribution is -0.0211. The lowest BCUT2D eigenvalue weighted by Crippen LogP contribution is -2.34. The van der Waals surface area contributed by atoms with Gasteiger partial charge in [0, 0.05) is 22.0 Å². The van der Waals surface area contributed by atoms with Gasteiger partial charge in [0.15, 0.2) is 0 Å². The van der Waals surface area contributed by atoms with Gasteiger partial charge in [0.2, 0.25) is 6.23 Å². The number of hydrogen-bond acceptors (Lipinski definition) is 3. The molecule has 0 aromatic heterocycles. The summed E-state index contributed by atoms with van der Waals surface area (Å²) in [6.07, 6.45) is -0.159. The van der Waals surface area contributed by atoms with E-state index in [1.807, 2.05) is 30.3 Å². The van der Waals surface area contributed by atoms with Crippen LogP contribution in [0.4, 0.5) is 4.39 Å². The number of hydrazone groups is 1. The third kappa shape index (κ3) is 3.25. The Morgan fingerprint density at radius 2 is 1.72 bits per heavy atom. The Morgan fingerprint density at radius 3 is 2.48 bits per heavy atom. The molecule has 0 saturated carbocycles. The van der Waals surface area contributed by atoms with Crippen molar-refractivity contribution in [3.05, 3.63) is 98.2 Å². The third-order valence-electron chi connectivity index (χ3n) is 5.18. The van der Waals surface area contributed by atoms with Crippen molar-refractivity contribution in [2.24, 2.45) is 5.10 Å². The average molecular weight is 448 g/mol. The molecule has 0 spiro atoms. The van der Waals surface area contributed by atoms with Gasteiger partial charge in [0.25, 0.3) is 0 Å². The van der Waals surface area contributed by atoms with Crippen molar-refractivity contribution in [1.29, 1.82) is 0 Å². The molecule has 0 fully saturated rings. The summed E-state index contributed by atoms with van der Waals surface area (Å²) in [5.74, 6) is 0.210. The van der Waals surface area contributed by atoms with Crippen LogP contribution in [0, 0.1) is 5.82 Å². The molecule has 2 atom stereocenters. The van der Waals surface area contributed by atoms with E-state index in [0.29, 0.717) is 27.2 Å². The second kappa shape index (κ2) is 7.21. The maximum absolute atomic E-state index is 14.7. The van der Waals surface area contributed by atoms with E-state index in [4.69, 9.17) is 44.6 Å². The number of ether oxygens (including phenoxy) is 1. The van der Waals surface area contributed by atoms with Gasteiger partial charge in [0.1, 0.15) is 11.6 Å². The van der Waals surface area contributed by atoms with Crippen molar-refractivity contribution in [2.75, 3.05) is 0 Å². The van der Waals surface area contributed by atoms with E-state index in [-0.39, 0.29) is 11.6 Å². The summed E-state index contributed by atoms with van der Waals surface area (Å²) in [4.78, 5) is 0. The molecule has 0 saturated heterocycles. The first-order valence-corrected chi connectivity index (χ1v) is 10.2. The van der Waals surface area contributed by atoms with E-state index in [2.05, 4.69) is 0 Å². The quantitative estimate of drug-likeness (QED) is 0.421. The molecule has 2 aliphatic rings. The average Bonchev–Trinajstić information content (AvgIpc) is 3.14. The monoisotopic (exact) mass is 446 g/mol. The zero-order valence-electron chi connectivity index (χ0n) is 14.9. The topological polar surface area (TPSA) is 24.8 Å². The van der Waals surface area contributed by atoms with Crippen LogP contribution in [0.5, 0.6) is 5.75 Å². The zero-order valence-corrected chi connectivity index (χ0v) is 17.2. The molecule has 0 radical (unpaired) electrons. The molecule has 0 N–H and O–H groups in total. The first-order valence-electron chi connectivity index (χ1n) is 9.03. The van der Waals surface area contributed by atoms with Crippen molar-refractivity contribution >= 4 is 40.5 Å². The molecule has 3 nitrogen and oxygen atoms in total. The Hall–Kier alpha value is -2.27. The van der Waals surface area contributed by atoms with Crippen LogP contribution < -0.4 is 4.74 Å². The molecule has 0 aliphatic carbocycles. The van der Waals surface area contributed by atoms with Gasteiger partial charge in [-0.05, 0) is 48.0 Å². The van der Waals surface area contributed by atoms with Gasteiger partial charge in [-0.15, -0.1) is 0 Å². The minimum absolute atomic E-state index is 0.149. The van der Waals surface area contributed by atoms with Crippen molar-refractivity contribution in [1.82, 2.24) is 5.01 Å². The predicted molar refractivity (Wildman–Crippen MR) is 113 cm³/mol. The molecule has 3 aromatic carbocycles. The predicted octanol–water partition coefficient (Wildman–Crippen LogP) is 7.03. The SMILES string of the molecule is Fc1cccc(Cl)c1[C@@H]1Oc2ccc(Cl)cc2[C@@H]2CC(c3ccc(Cl)cc3)=NN21. The van der Waals surface area contributed by atoms with Gasteiger partial charge >= 0.3 is 0 Å². The molecule has 2 heterocycles. The normalized spacial score (nSPS) is 20.0. The van der Waals surface area contributed by atoms with E-state index < -0.39 is 12.0 Å². The molecule has 7 heteroatoms. The number of benzene rings is 3. The number of hydrogen-bond donors (Lipinski definition) is 0. The Balaban J connectivity index is 1.64. The largest absolute Gasteiger partial charge is 0.464 e. The van der Waals surface area contributed by atoms with Crippen LogP contribution in [0.3, 0.4) is 0 Å². The van der Waals surface area contributed by atoms with Crippen LogP contribution in [0.15, 0.2) is 65.8 Å². The highest BCUT2D eigenvalue weighted by atomic mass is 35.5. The third-order valence-corrected chi connectivity index (χ3v) is 5.99. The van der Waals surface area contributed by atoms with E-state index in [0.717, 1.165) is 16.8 Å². The van der Waals surface area contributed by atoms with Gasteiger partial charge in [-0.2, -0.15) is 5.10 Å². The Labute approximate surface area is 182 Å². The Kier molecular flexibility index (Phi) is 4.66. The summed E-state index contributed by atoms with van der Waals surface area (Å²) in [5, 5.41) is 8.12. The molecular weight excluding hydrogens is 434 g/mol. The molecule has 0 bridgehead atoms. The second-order valence-corrected chi connectivity index (χ2v) is 8.22. The molecule has 3 aromatic rings. The van der Waals surface area contributed by atoms with Crippen LogP contribution in [0.25, 0.3) is 0 Å². The molecule has 2 aliphatic heterocycles. The highest BCUT2D eigenvalue weighted by molar-refractivity contribution is 6.31. The number of fused-ring (bicyclic) bond motifs is 3. The summed E-state index contributed by atoms with van der Waals surface area (Å²) in [6, 6.07) is 17.4. The van der Waals surface area contributed by atoms with Gasteiger partial charge in [-0.25, -0.2) is 9.40 Å². The molecule has 0 unspecified atom stereocenters. The van der Waals surface area contributed by atoms with Gasteiger partial charge in [0.05, 0.1) is 22.3 Å². The van der Waals surface area contributed by atoms with Crippen LogP contribution in [-0.4, -0.2) is 10.7 Å². The molecule has 5 rings (SSSR count). The molecule has 29 heavy (non-hydrogen) atoms. The van der Waals surface area contributed by atoms with E-state index in [1.165, 1.54) is 6.07 Å². The molecular formula is C22H14Cl3FN2O. The highest BCUT2D eigenvalue weighted by Gasteiger charge is 2.42. The minimum atomic E-state index is -0.785. The van der Waals surface area contributed by atoms with Crippen molar-refractivity contribution in [3.8, 4) is 5.75 Å². The standard InChI is InChI=1S/C22H14Cl3FN2O/c23-13-6-4-12(5-7-13)18-11-19-15-10-14(24)8-9-20(15)29-22(28(19)27-18)21-16(25)2-1-3-17(21)26/h1-10,19,22H,11H2/t19-,22-/m0/s1. The number of halogens is 4. The van der Waals surface area contributed by atoms with Gasteiger partial charge < -0.3 is 4.74 Å². The Morgan fingerprint density at radius 1 is 0.966 bits per heavy atom. The van der Waals surface area contributed by atoms with E-state index >= 15 is 0 Å². The van der Waals surface area contributed by atoms with E-state index in [1.54, 1.807) is 29.3 Å². The van der Waals surface area contributed by atoms with Gasteiger partial charge in [-0.3, -0.25) is 0 Å². The zero-order chi connectivity index (χ0) is 20.1. The molecule has 146 valence electrons. The van der Waals surface area contributed by atoms with Crippen molar-refractivity contribution in [2.45, 2.75) is 18.7 Å². The fourth-order valence-corrected chi connectivity index (χ4v) is 4.37. The lowest BCUT2D eigenvalue weighted by Gasteiger charge is -2.38. The smallest absolute Gasteiger partial charge is 0.218 e. The highest BCUT2D eigenvalue weighted by Crippen LogP contribution is 2.49. The van der Waals surface area contributed by atoms with Gasteiger partial charge in [-0.1, -0.05) is 53.0 Å². The second-order valence-electron chi connectivity index (χ2n) is 6.94. The lowest BCUT2D eigenvalue weighted by atomic mass is 9.96. The summed E-state index contributed by atoms with van der Waals surface area (Å²) < 4.78 is 20.9. The van der Waals surface area contributed by atoms with Crippen LogP contribution in [-0.2, 0) is 0 Å². The maximum atomic E-state index is 14.7. The Bertz CT molecular complexity index is 1110. The first-order chi connectivity index (χ1) is 14.0. The van der Waals surface area contributed by atoms with Crippen molar-refractivity contribution in [3.63, 3.8) is 0 Å².